The number of hydrogen-bond acceptors (Lipinski definition) is 1. The number of hydrogen-bond donors (Lipinski definition) is 0. The van der Waals surface area contributed by atoms with Gasteiger partial charge in [-0.2, -0.15) is 0 Å². The summed E-state index contributed by atoms with van der Waals surface area (Å²) < 4.78 is 5.56. The summed E-state index contributed by atoms with van der Waals surface area (Å²) in [6, 6.07) is 0. The minimum absolute atomic E-state index is 0.703. The molecule has 0 saturated carbocycles. The predicted molar refractivity (Wildman–Crippen MR) is 67.5 cm³/mol. The molecule has 0 aliphatic heterocycles. The van der Waals surface area contributed by atoms with E-state index in [1.54, 1.807) is 0 Å². The second kappa shape index (κ2) is 7.56. The summed E-state index contributed by atoms with van der Waals surface area (Å²) >= 11 is 0. The Morgan fingerprint density at radius 3 is 1.47 bits per heavy atom. The van der Waals surface area contributed by atoms with Crippen LogP contribution in [0.2, 0.25) is 0 Å². The highest BCUT2D eigenvalue weighted by Gasteiger charge is 2.03. The minimum atomic E-state index is 0.703. The van der Waals surface area contributed by atoms with Gasteiger partial charge < -0.3 is 4.74 Å². The van der Waals surface area contributed by atoms with Gasteiger partial charge in [0, 0.05) is 12.8 Å². The molecule has 0 atom stereocenters. The van der Waals surface area contributed by atoms with Crippen molar-refractivity contribution in [3.8, 4) is 0 Å². The van der Waals surface area contributed by atoms with E-state index < -0.39 is 0 Å². The van der Waals surface area contributed by atoms with Gasteiger partial charge in [0.15, 0.2) is 0 Å². The molecule has 0 radical (unpaired) electrons. The molecule has 0 heterocycles. The zero-order valence-electron chi connectivity index (χ0n) is 10.8. The van der Waals surface area contributed by atoms with Gasteiger partial charge in [0.1, 0.15) is 0 Å². The first-order valence-corrected chi connectivity index (χ1v) is 5.95. The van der Waals surface area contributed by atoms with E-state index >= 15 is 0 Å². The summed E-state index contributed by atoms with van der Waals surface area (Å²) in [5, 5.41) is 0. The first-order chi connectivity index (χ1) is 6.91. The molecule has 15 heavy (non-hydrogen) atoms. The first kappa shape index (κ1) is 14.3. The lowest BCUT2D eigenvalue weighted by atomic mass is 10.1. The molecule has 0 aliphatic carbocycles. The van der Waals surface area contributed by atoms with Crippen LogP contribution in [0.3, 0.4) is 0 Å². The molecule has 0 rings (SSSR count). The van der Waals surface area contributed by atoms with Crippen molar-refractivity contribution >= 4 is 0 Å². The number of ether oxygens (including phenoxy) is 1. The Hall–Kier alpha value is -0.720. The van der Waals surface area contributed by atoms with Crippen LogP contribution in [0, 0.1) is 11.8 Å². The van der Waals surface area contributed by atoms with Crippen LogP contribution in [-0.2, 0) is 4.74 Å². The molecule has 1 heteroatoms. The molecule has 0 aliphatic rings. The summed E-state index contributed by atoms with van der Waals surface area (Å²) in [7, 11) is 0. The number of rotatable bonds is 8. The summed E-state index contributed by atoms with van der Waals surface area (Å²) in [4.78, 5) is 0. The smallest absolute Gasteiger partial charge is 0.0964 e. The third-order valence-electron chi connectivity index (χ3n) is 2.29. The molecular formula is C14H26O. The first-order valence-electron chi connectivity index (χ1n) is 5.95. The van der Waals surface area contributed by atoms with Crippen LogP contribution >= 0.6 is 0 Å². The molecule has 0 unspecified atom stereocenters. The predicted octanol–water partition coefficient (Wildman–Crippen LogP) is 4.90. The Labute approximate surface area is 95.2 Å². The molecule has 88 valence electrons. The summed E-state index contributed by atoms with van der Waals surface area (Å²) in [5.41, 5.74) is 0. The molecule has 0 amide bonds. The quantitative estimate of drug-likeness (QED) is 0.518. The highest BCUT2D eigenvalue weighted by Crippen LogP contribution is 2.17. The lowest BCUT2D eigenvalue weighted by Gasteiger charge is -2.13. The van der Waals surface area contributed by atoms with Crippen LogP contribution in [0.15, 0.2) is 24.7 Å². The highest BCUT2D eigenvalue weighted by atomic mass is 16.5. The second-order valence-electron chi connectivity index (χ2n) is 5.04. The molecule has 1 nitrogen and oxygen atoms in total. The van der Waals surface area contributed by atoms with E-state index in [1.807, 2.05) is 0 Å². The highest BCUT2D eigenvalue weighted by molar-refractivity contribution is 4.93. The lowest BCUT2D eigenvalue weighted by molar-refractivity contribution is 0.268. The monoisotopic (exact) mass is 210 g/mol. The Bertz CT molecular complexity index is 179. The van der Waals surface area contributed by atoms with Crippen molar-refractivity contribution in [1.29, 1.82) is 0 Å². The fourth-order valence-electron chi connectivity index (χ4n) is 1.21. The zero-order chi connectivity index (χ0) is 11.8. The summed E-state index contributed by atoms with van der Waals surface area (Å²) in [5.74, 6) is 3.12. The van der Waals surface area contributed by atoms with E-state index in [0.717, 1.165) is 37.2 Å². The van der Waals surface area contributed by atoms with Crippen molar-refractivity contribution < 1.29 is 4.74 Å². The lowest BCUT2D eigenvalue weighted by Crippen LogP contribution is -1.96. The van der Waals surface area contributed by atoms with Crippen molar-refractivity contribution in [2.45, 2.75) is 53.4 Å². The minimum Gasteiger partial charge on any atom is -0.467 e. The van der Waals surface area contributed by atoms with E-state index in [1.165, 1.54) is 0 Å². The summed E-state index contributed by atoms with van der Waals surface area (Å²) in [6.45, 7) is 16.7. The Kier molecular flexibility index (Phi) is 7.19. The van der Waals surface area contributed by atoms with Gasteiger partial charge >= 0.3 is 0 Å². The zero-order valence-corrected chi connectivity index (χ0v) is 10.8. The van der Waals surface area contributed by atoms with E-state index in [-0.39, 0.29) is 0 Å². The van der Waals surface area contributed by atoms with Crippen molar-refractivity contribution in [1.82, 2.24) is 0 Å². The van der Waals surface area contributed by atoms with Gasteiger partial charge in [-0.15, -0.1) is 0 Å². The Balaban J connectivity index is 3.63. The second-order valence-corrected chi connectivity index (χ2v) is 5.04. The van der Waals surface area contributed by atoms with Crippen molar-refractivity contribution in [3.63, 3.8) is 0 Å². The standard InChI is InChI=1S/C14H26O/c1-11(2)7-9-13(5)15-14(6)10-8-12(3)4/h11-12H,5-10H2,1-4H3. The van der Waals surface area contributed by atoms with E-state index in [4.69, 9.17) is 4.74 Å². The molecular weight excluding hydrogens is 184 g/mol. The average Bonchev–Trinajstić information content (AvgIpc) is 2.11. The van der Waals surface area contributed by atoms with Crippen LogP contribution < -0.4 is 0 Å². The van der Waals surface area contributed by atoms with Gasteiger partial charge in [-0.1, -0.05) is 40.9 Å². The maximum atomic E-state index is 5.56. The molecule has 0 aromatic heterocycles. The van der Waals surface area contributed by atoms with Crippen molar-refractivity contribution in [3.05, 3.63) is 24.7 Å². The van der Waals surface area contributed by atoms with Gasteiger partial charge in [0.2, 0.25) is 0 Å². The summed E-state index contributed by atoms with van der Waals surface area (Å²) in [6.07, 6.45) is 4.16. The topological polar surface area (TPSA) is 9.23 Å². The van der Waals surface area contributed by atoms with Gasteiger partial charge in [0.05, 0.1) is 11.5 Å². The van der Waals surface area contributed by atoms with Crippen LogP contribution in [0.4, 0.5) is 0 Å². The molecule has 0 N–H and O–H groups in total. The van der Waals surface area contributed by atoms with Gasteiger partial charge in [-0.05, 0) is 24.7 Å². The number of allylic oxidation sites excluding steroid dienone is 2. The third kappa shape index (κ3) is 9.58. The van der Waals surface area contributed by atoms with E-state index in [0.29, 0.717) is 11.8 Å². The fraction of sp³-hybridized carbons (Fsp3) is 0.714. The fourth-order valence-corrected chi connectivity index (χ4v) is 1.21. The third-order valence-corrected chi connectivity index (χ3v) is 2.29. The molecule has 0 spiro atoms. The average molecular weight is 210 g/mol. The van der Waals surface area contributed by atoms with E-state index in [9.17, 15) is 0 Å². The van der Waals surface area contributed by atoms with Gasteiger partial charge in [-0.3, -0.25) is 0 Å². The molecule has 0 fully saturated rings. The largest absolute Gasteiger partial charge is 0.467 e. The maximum Gasteiger partial charge on any atom is 0.0964 e. The maximum absolute atomic E-state index is 5.56. The van der Waals surface area contributed by atoms with Gasteiger partial charge in [0.25, 0.3) is 0 Å². The Morgan fingerprint density at radius 2 is 1.20 bits per heavy atom. The van der Waals surface area contributed by atoms with Crippen molar-refractivity contribution in [2.75, 3.05) is 0 Å². The van der Waals surface area contributed by atoms with Crippen LogP contribution in [-0.4, -0.2) is 0 Å². The molecule has 0 saturated heterocycles. The van der Waals surface area contributed by atoms with Crippen LogP contribution in [0.5, 0.6) is 0 Å². The SMILES string of the molecule is C=C(CCC(C)C)OC(=C)CCC(C)C. The molecule has 0 bridgehead atoms. The molecule has 0 aromatic rings. The Morgan fingerprint density at radius 1 is 0.867 bits per heavy atom. The van der Waals surface area contributed by atoms with Gasteiger partial charge in [-0.25, -0.2) is 0 Å². The van der Waals surface area contributed by atoms with Crippen LogP contribution in [0.1, 0.15) is 53.4 Å². The molecule has 0 aromatic carbocycles. The van der Waals surface area contributed by atoms with Crippen molar-refractivity contribution in [2.24, 2.45) is 11.8 Å². The normalized spacial score (nSPS) is 10.8. The van der Waals surface area contributed by atoms with Crippen LogP contribution in [0.25, 0.3) is 0 Å². The van der Waals surface area contributed by atoms with E-state index in [2.05, 4.69) is 40.9 Å².